The summed E-state index contributed by atoms with van der Waals surface area (Å²) in [5, 5.41) is 10.5. The van der Waals surface area contributed by atoms with Gasteiger partial charge in [-0.3, -0.25) is 14.4 Å². The number of nitrogens with zero attached hydrogens (tertiary/aromatic N) is 7. The maximum absolute atomic E-state index is 13.6. The second-order valence-corrected chi connectivity index (χ2v) is 13.4. The number of hydrogen-bond acceptors (Lipinski definition) is 7. The van der Waals surface area contributed by atoms with E-state index in [-0.39, 0.29) is 11.8 Å². The van der Waals surface area contributed by atoms with Gasteiger partial charge in [0.05, 0.1) is 12.1 Å². The zero-order chi connectivity index (χ0) is 32.0. The molecule has 5 heterocycles. The highest BCUT2D eigenvalue weighted by Gasteiger charge is 2.40. The summed E-state index contributed by atoms with van der Waals surface area (Å²) in [6.45, 7) is 7.99. The molecule has 11 heteroatoms. The quantitative estimate of drug-likeness (QED) is 0.276. The monoisotopic (exact) mass is 620 g/mol. The number of hydrogen-bond donors (Lipinski definition) is 1. The predicted molar refractivity (Wildman–Crippen MR) is 176 cm³/mol. The van der Waals surface area contributed by atoms with Gasteiger partial charge in [0, 0.05) is 48.4 Å². The Kier molecular flexibility index (Phi) is 7.62. The molecule has 238 valence electrons. The number of aromatic nitrogens is 5. The molecule has 2 N–H and O–H groups in total. The molecule has 1 unspecified atom stereocenters. The molecule has 0 aliphatic carbocycles. The van der Waals surface area contributed by atoms with Crippen molar-refractivity contribution in [2.24, 2.45) is 0 Å². The van der Waals surface area contributed by atoms with Crippen LogP contribution in [0.3, 0.4) is 0 Å². The van der Waals surface area contributed by atoms with Crippen LogP contribution < -0.4 is 5.73 Å². The van der Waals surface area contributed by atoms with Crippen LogP contribution in [-0.4, -0.2) is 77.5 Å². The van der Waals surface area contributed by atoms with E-state index in [0.717, 1.165) is 52.5 Å². The first-order valence-electron chi connectivity index (χ1n) is 16.1. The number of nitrogen functional groups attached to an aromatic ring is 1. The number of piperidine rings is 1. The van der Waals surface area contributed by atoms with Crippen LogP contribution >= 0.6 is 0 Å². The molecule has 2 amide bonds. The Bertz CT molecular complexity index is 1900. The predicted octanol–water partition coefficient (Wildman–Crippen LogP) is 5.48. The third-order valence-corrected chi connectivity index (χ3v) is 9.05. The fourth-order valence-corrected chi connectivity index (χ4v) is 6.86. The van der Waals surface area contributed by atoms with E-state index in [1.54, 1.807) is 4.90 Å². The van der Waals surface area contributed by atoms with Crippen molar-refractivity contribution < 1.29 is 14.3 Å². The highest BCUT2D eigenvalue weighted by atomic mass is 16.6. The number of nitrogens with two attached hydrogens (primary N) is 1. The fraction of sp³-hybridized carbons (Fsp3) is 0.400. The molecule has 1 atom stereocenters. The van der Waals surface area contributed by atoms with E-state index >= 15 is 0 Å². The Hall–Kier alpha value is -4.93. The maximum atomic E-state index is 13.6. The third kappa shape index (κ3) is 5.77. The van der Waals surface area contributed by atoms with Crippen LogP contribution in [-0.2, 0) is 16.1 Å². The normalized spacial score (nSPS) is 17.7. The highest BCUT2D eigenvalue weighted by molar-refractivity contribution is 5.92. The number of carbonyl (C=O) groups excluding carboxylic acids is 2. The summed E-state index contributed by atoms with van der Waals surface area (Å²) in [5.74, 6) is 0.607. The second kappa shape index (κ2) is 11.8. The van der Waals surface area contributed by atoms with Gasteiger partial charge in [-0.2, -0.15) is 10.2 Å². The van der Waals surface area contributed by atoms with E-state index in [1.165, 1.54) is 11.9 Å². The van der Waals surface area contributed by atoms with Gasteiger partial charge in [0.25, 0.3) is 0 Å². The van der Waals surface area contributed by atoms with Crippen LogP contribution in [0, 0.1) is 0 Å². The molecule has 2 fully saturated rings. The molecule has 2 aliphatic rings. The van der Waals surface area contributed by atoms with Gasteiger partial charge in [-0.05, 0) is 69.7 Å². The summed E-state index contributed by atoms with van der Waals surface area (Å²) < 4.78 is 9.47. The number of amides is 2. The van der Waals surface area contributed by atoms with Crippen molar-refractivity contribution >= 4 is 34.2 Å². The maximum Gasteiger partial charge on any atom is 0.410 e. The van der Waals surface area contributed by atoms with Crippen molar-refractivity contribution in [1.82, 2.24) is 34.2 Å². The first kappa shape index (κ1) is 29.8. The number of benzene rings is 2. The Morgan fingerprint density at radius 2 is 1.78 bits per heavy atom. The van der Waals surface area contributed by atoms with Crippen molar-refractivity contribution in [3.63, 3.8) is 0 Å². The van der Waals surface area contributed by atoms with Crippen molar-refractivity contribution in [2.75, 3.05) is 25.4 Å². The van der Waals surface area contributed by atoms with Crippen molar-refractivity contribution in [1.29, 1.82) is 0 Å². The molecule has 7 rings (SSSR count). The van der Waals surface area contributed by atoms with E-state index in [9.17, 15) is 9.59 Å². The fourth-order valence-electron chi connectivity index (χ4n) is 6.86. The lowest BCUT2D eigenvalue weighted by Gasteiger charge is -2.35. The Balaban J connectivity index is 1.11. The van der Waals surface area contributed by atoms with Crippen molar-refractivity contribution in [3.8, 4) is 11.1 Å². The molecule has 2 saturated heterocycles. The minimum Gasteiger partial charge on any atom is -0.444 e. The molecule has 11 nitrogen and oxygen atoms in total. The van der Waals surface area contributed by atoms with Crippen molar-refractivity contribution in [2.45, 2.75) is 70.6 Å². The molecule has 46 heavy (non-hydrogen) atoms. The Labute approximate surface area is 267 Å². The lowest BCUT2D eigenvalue weighted by Crippen LogP contribution is -2.50. The van der Waals surface area contributed by atoms with Gasteiger partial charge in [-0.25, -0.2) is 14.3 Å². The van der Waals surface area contributed by atoms with Crippen LogP contribution in [0.5, 0.6) is 0 Å². The van der Waals surface area contributed by atoms with E-state index in [0.29, 0.717) is 38.4 Å². The van der Waals surface area contributed by atoms with E-state index in [2.05, 4.69) is 52.7 Å². The molecule has 2 aliphatic heterocycles. The molecule has 0 saturated carbocycles. The van der Waals surface area contributed by atoms with Gasteiger partial charge in [-0.15, -0.1) is 0 Å². The lowest BCUT2D eigenvalue weighted by molar-refractivity contribution is -0.137. The van der Waals surface area contributed by atoms with Gasteiger partial charge in [0.15, 0.2) is 5.82 Å². The number of carbonyl (C=O) groups is 2. The van der Waals surface area contributed by atoms with Crippen LogP contribution in [0.1, 0.15) is 63.6 Å². The van der Waals surface area contributed by atoms with Gasteiger partial charge in [0.1, 0.15) is 23.5 Å². The van der Waals surface area contributed by atoms with Crippen LogP contribution in [0.15, 0.2) is 67.1 Å². The van der Waals surface area contributed by atoms with E-state index in [4.69, 9.17) is 15.6 Å². The summed E-state index contributed by atoms with van der Waals surface area (Å²) >= 11 is 0. The lowest BCUT2D eigenvalue weighted by atomic mass is 9.92. The average molecular weight is 621 g/mol. The summed E-state index contributed by atoms with van der Waals surface area (Å²) in [6.07, 6.45) is 6.17. The molecule has 2 aromatic carbocycles. The van der Waals surface area contributed by atoms with Gasteiger partial charge in [-0.1, -0.05) is 42.5 Å². The number of fused-ring (bicyclic) bond motifs is 2. The van der Waals surface area contributed by atoms with E-state index in [1.807, 2.05) is 53.1 Å². The first-order chi connectivity index (χ1) is 22.1. The van der Waals surface area contributed by atoms with E-state index < -0.39 is 17.7 Å². The first-order valence-corrected chi connectivity index (χ1v) is 16.1. The molecular weight excluding hydrogens is 580 g/mol. The van der Waals surface area contributed by atoms with Gasteiger partial charge in [0.2, 0.25) is 5.91 Å². The van der Waals surface area contributed by atoms with Crippen LogP contribution in [0.25, 0.3) is 27.5 Å². The summed E-state index contributed by atoms with van der Waals surface area (Å²) in [5.41, 5.74) is 11.7. The summed E-state index contributed by atoms with van der Waals surface area (Å²) in [4.78, 5) is 34.3. The topological polar surface area (TPSA) is 124 Å². The minimum absolute atomic E-state index is 0.00842. The minimum atomic E-state index is -0.604. The van der Waals surface area contributed by atoms with Crippen LogP contribution in [0.2, 0.25) is 0 Å². The molecule has 5 aromatic rings. The number of rotatable bonds is 5. The standard InChI is InChI=1S/C35H40N8O3/c1-35(2,3)46-34(45)42-15-7-10-29(42)33(44)40-16-13-24(14-17-40)30-19-27(31-32(36)37-22-38-43(30)31)25-11-12-26-21-41(39-28(26)18-25)20-23-8-5-4-6-9-23/h4-6,8-9,11-12,18-19,21-22,24,29H,7,10,13-17,20H2,1-3H3,(H2,36,37,38). The zero-order valence-corrected chi connectivity index (χ0v) is 26.6. The molecule has 0 spiro atoms. The third-order valence-electron chi connectivity index (χ3n) is 9.05. The Morgan fingerprint density at radius 3 is 2.54 bits per heavy atom. The molecule has 0 bridgehead atoms. The summed E-state index contributed by atoms with van der Waals surface area (Å²) in [7, 11) is 0. The van der Waals surface area contributed by atoms with Crippen LogP contribution in [0.4, 0.5) is 10.6 Å². The molecule has 0 radical (unpaired) electrons. The smallest absolute Gasteiger partial charge is 0.410 e. The Morgan fingerprint density at radius 1 is 1.00 bits per heavy atom. The van der Waals surface area contributed by atoms with Crippen molar-refractivity contribution in [3.05, 3.63) is 78.4 Å². The van der Waals surface area contributed by atoms with Gasteiger partial charge < -0.3 is 15.4 Å². The molecule has 3 aromatic heterocycles. The summed E-state index contributed by atoms with van der Waals surface area (Å²) in [6, 6.07) is 18.3. The number of likely N-dealkylation sites (tertiary alicyclic amines) is 2. The highest BCUT2D eigenvalue weighted by Crippen LogP contribution is 2.38. The number of ether oxygens (including phenoxy) is 1. The number of anilines is 1. The SMILES string of the molecule is CC(C)(C)OC(=O)N1CCCC1C(=O)N1CCC(c2cc(-c3ccc4cn(Cc5ccccc5)nc4c3)c3c(N)ncnn23)CC1. The molecular formula is C35H40N8O3. The zero-order valence-electron chi connectivity index (χ0n) is 26.6. The average Bonchev–Trinajstić information content (AvgIpc) is 3.78. The second-order valence-electron chi connectivity index (χ2n) is 13.4. The van der Waals surface area contributed by atoms with Gasteiger partial charge >= 0.3 is 6.09 Å². The largest absolute Gasteiger partial charge is 0.444 e.